The van der Waals surface area contributed by atoms with Crippen LogP contribution in [0.4, 0.5) is 0 Å². The van der Waals surface area contributed by atoms with E-state index in [0.29, 0.717) is 16.1 Å². The first-order chi connectivity index (χ1) is 12.8. The fourth-order valence-corrected chi connectivity index (χ4v) is 3.09. The highest BCUT2D eigenvalue weighted by molar-refractivity contribution is 6.35. The predicted octanol–water partition coefficient (Wildman–Crippen LogP) is 3.24. The van der Waals surface area contributed by atoms with Crippen molar-refractivity contribution in [3.05, 3.63) is 68.1 Å². The molecule has 0 saturated heterocycles. The number of esters is 2. The fraction of sp³-hybridized carbons (Fsp3) is 0.167. The second-order valence-corrected chi connectivity index (χ2v) is 6.54. The van der Waals surface area contributed by atoms with E-state index >= 15 is 0 Å². The van der Waals surface area contributed by atoms with E-state index in [9.17, 15) is 14.4 Å². The van der Waals surface area contributed by atoms with E-state index < -0.39 is 18.0 Å². The lowest BCUT2D eigenvalue weighted by atomic mass is 10.1. The number of hydrogen-bond acceptors (Lipinski definition) is 5. The number of aromatic nitrogens is 2. The highest BCUT2D eigenvalue weighted by Gasteiger charge is 2.29. The van der Waals surface area contributed by atoms with Crippen molar-refractivity contribution in [2.45, 2.75) is 6.10 Å². The Morgan fingerprint density at radius 1 is 1.15 bits per heavy atom. The molecule has 0 radical (unpaired) electrons. The van der Waals surface area contributed by atoms with Crippen LogP contribution in [0.25, 0.3) is 11.0 Å². The van der Waals surface area contributed by atoms with Gasteiger partial charge in [-0.1, -0.05) is 29.3 Å². The normalized spacial score (nSPS) is 12.0. The van der Waals surface area contributed by atoms with Crippen molar-refractivity contribution in [2.75, 3.05) is 7.11 Å². The topological polar surface area (TPSA) is 90.4 Å². The predicted molar refractivity (Wildman–Crippen MR) is 100 cm³/mol. The van der Waals surface area contributed by atoms with Gasteiger partial charge in [-0.25, -0.2) is 14.4 Å². The van der Waals surface area contributed by atoms with Crippen LogP contribution >= 0.6 is 23.2 Å². The van der Waals surface area contributed by atoms with Crippen LogP contribution in [0.1, 0.15) is 22.0 Å². The Balaban J connectivity index is 1.96. The molecular weight excluding hydrogens is 395 g/mol. The first-order valence-corrected chi connectivity index (χ1v) is 8.50. The van der Waals surface area contributed by atoms with Crippen molar-refractivity contribution in [3.8, 4) is 0 Å². The Morgan fingerprint density at radius 3 is 2.56 bits per heavy atom. The number of ether oxygens (including phenoxy) is 2. The van der Waals surface area contributed by atoms with E-state index in [1.807, 2.05) is 0 Å². The van der Waals surface area contributed by atoms with Crippen molar-refractivity contribution in [2.24, 2.45) is 7.05 Å². The number of aromatic amines is 1. The fourth-order valence-electron chi connectivity index (χ4n) is 2.59. The zero-order chi connectivity index (χ0) is 19.7. The number of methoxy groups -OCH3 is 1. The number of imidazole rings is 1. The van der Waals surface area contributed by atoms with Gasteiger partial charge in [-0.3, -0.25) is 4.57 Å². The van der Waals surface area contributed by atoms with Crippen LogP contribution in [0.3, 0.4) is 0 Å². The minimum Gasteiger partial charge on any atom is -0.466 e. The van der Waals surface area contributed by atoms with Crippen molar-refractivity contribution < 1.29 is 19.1 Å². The average Bonchev–Trinajstić information content (AvgIpc) is 2.93. The summed E-state index contributed by atoms with van der Waals surface area (Å²) in [4.78, 5) is 39.1. The van der Waals surface area contributed by atoms with Crippen LogP contribution in [0.15, 0.2) is 41.2 Å². The highest BCUT2D eigenvalue weighted by Crippen LogP contribution is 2.30. The second kappa shape index (κ2) is 7.46. The van der Waals surface area contributed by atoms with E-state index in [-0.39, 0.29) is 21.8 Å². The second-order valence-electron chi connectivity index (χ2n) is 5.70. The third-order valence-corrected chi connectivity index (χ3v) is 4.59. The molecule has 1 atom stereocenters. The molecule has 3 rings (SSSR count). The molecule has 3 aromatic rings. The van der Waals surface area contributed by atoms with Crippen LogP contribution < -0.4 is 5.69 Å². The molecule has 0 saturated carbocycles. The molecule has 0 spiro atoms. The number of benzene rings is 2. The molecule has 0 fully saturated rings. The number of nitrogens with zero attached hydrogens (tertiary/aromatic N) is 1. The van der Waals surface area contributed by atoms with E-state index in [1.54, 1.807) is 13.1 Å². The summed E-state index contributed by atoms with van der Waals surface area (Å²) in [7, 11) is 2.75. The number of nitrogens with one attached hydrogen (secondary N) is 1. The van der Waals surface area contributed by atoms with Crippen molar-refractivity contribution in [3.63, 3.8) is 0 Å². The molecule has 0 aliphatic rings. The summed E-state index contributed by atoms with van der Waals surface area (Å²) in [5.41, 5.74) is 1.20. The first-order valence-electron chi connectivity index (χ1n) is 7.74. The molecule has 140 valence electrons. The number of halogens is 2. The van der Waals surface area contributed by atoms with Gasteiger partial charge in [0.1, 0.15) is 0 Å². The summed E-state index contributed by atoms with van der Waals surface area (Å²) >= 11 is 12.0. The molecule has 0 amide bonds. The number of rotatable bonds is 4. The Kier molecular flexibility index (Phi) is 5.25. The number of H-pyrrole nitrogens is 1. The molecule has 0 aliphatic heterocycles. The maximum absolute atomic E-state index is 12.6. The Hall–Kier alpha value is -2.77. The summed E-state index contributed by atoms with van der Waals surface area (Å²) < 4.78 is 11.4. The third kappa shape index (κ3) is 3.70. The molecule has 1 N–H and O–H groups in total. The lowest BCUT2D eigenvalue weighted by molar-refractivity contribution is -0.151. The van der Waals surface area contributed by atoms with Gasteiger partial charge in [0, 0.05) is 22.7 Å². The minimum absolute atomic E-state index is 0.161. The molecule has 0 aliphatic carbocycles. The lowest BCUT2D eigenvalue weighted by Gasteiger charge is -2.17. The molecule has 7 nitrogen and oxygen atoms in total. The van der Waals surface area contributed by atoms with Crippen molar-refractivity contribution >= 4 is 46.2 Å². The van der Waals surface area contributed by atoms with E-state index in [0.717, 1.165) is 0 Å². The number of fused-ring (bicyclic) bond motifs is 1. The molecular formula is C18H14Cl2N2O5. The van der Waals surface area contributed by atoms with Crippen LogP contribution in [0.2, 0.25) is 10.0 Å². The summed E-state index contributed by atoms with van der Waals surface area (Å²) in [5, 5.41) is 0.534. The van der Waals surface area contributed by atoms with Gasteiger partial charge in [0.2, 0.25) is 6.10 Å². The smallest absolute Gasteiger partial charge is 0.352 e. The third-order valence-electron chi connectivity index (χ3n) is 4.03. The number of aryl methyl sites for hydroxylation is 1. The number of carbonyl (C=O) groups excluding carboxylic acids is 2. The SMILES string of the molecule is COC(=O)C(OC(=O)c1ccc2[nH]c(=O)n(C)c2c1)c1ccc(Cl)cc1Cl. The maximum Gasteiger partial charge on any atom is 0.352 e. The van der Waals surface area contributed by atoms with Crippen molar-refractivity contribution in [1.82, 2.24) is 9.55 Å². The van der Waals surface area contributed by atoms with Gasteiger partial charge < -0.3 is 14.5 Å². The van der Waals surface area contributed by atoms with Gasteiger partial charge in [-0.05, 0) is 30.3 Å². The van der Waals surface area contributed by atoms with Gasteiger partial charge in [0.25, 0.3) is 0 Å². The van der Waals surface area contributed by atoms with Gasteiger partial charge in [0.05, 0.1) is 23.7 Å². The molecule has 1 unspecified atom stereocenters. The van der Waals surface area contributed by atoms with Gasteiger partial charge in [0.15, 0.2) is 0 Å². The number of carbonyl (C=O) groups is 2. The number of hydrogen-bond donors (Lipinski definition) is 1. The molecule has 1 aromatic heterocycles. The quantitative estimate of drug-likeness (QED) is 0.669. The first kappa shape index (κ1) is 19.0. The molecule has 27 heavy (non-hydrogen) atoms. The Bertz CT molecular complexity index is 1100. The highest BCUT2D eigenvalue weighted by atomic mass is 35.5. The summed E-state index contributed by atoms with van der Waals surface area (Å²) in [6.45, 7) is 0. The summed E-state index contributed by atoms with van der Waals surface area (Å²) in [5.74, 6) is -1.56. The van der Waals surface area contributed by atoms with Crippen LogP contribution in [-0.2, 0) is 21.3 Å². The summed E-state index contributed by atoms with van der Waals surface area (Å²) in [6.07, 6.45) is -1.36. The standard InChI is InChI=1S/C18H14Cl2N2O5/c1-22-14-7-9(3-6-13(14)21-18(22)25)16(23)27-15(17(24)26-2)11-5-4-10(19)8-12(11)20/h3-8,15H,1-2H3,(H,21,25). The average molecular weight is 409 g/mol. The van der Waals surface area contributed by atoms with Crippen LogP contribution in [0.5, 0.6) is 0 Å². The maximum atomic E-state index is 12.6. The molecule has 9 heteroatoms. The van der Waals surface area contributed by atoms with E-state index in [4.69, 9.17) is 32.7 Å². The Morgan fingerprint density at radius 2 is 1.89 bits per heavy atom. The summed E-state index contributed by atoms with van der Waals surface area (Å²) in [6, 6.07) is 9.00. The minimum atomic E-state index is -1.36. The zero-order valence-electron chi connectivity index (χ0n) is 14.3. The van der Waals surface area contributed by atoms with Crippen molar-refractivity contribution in [1.29, 1.82) is 0 Å². The van der Waals surface area contributed by atoms with Crippen LogP contribution in [0, 0.1) is 0 Å². The molecule has 2 aromatic carbocycles. The van der Waals surface area contributed by atoms with Gasteiger partial charge in [-0.2, -0.15) is 0 Å². The van der Waals surface area contributed by atoms with E-state index in [2.05, 4.69) is 4.98 Å². The molecule has 0 bridgehead atoms. The largest absolute Gasteiger partial charge is 0.466 e. The van der Waals surface area contributed by atoms with Crippen LogP contribution in [-0.4, -0.2) is 28.6 Å². The van der Waals surface area contributed by atoms with Gasteiger partial charge in [-0.15, -0.1) is 0 Å². The monoisotopic (exact) mass is 408 g/mol. The van der Waals surface area contributed by atoms with E-state index in [1.165, 1.54) is 42.0 Å². The zero-order valence-corrected chi connectivity index (χ0v) is 15.8. The Labute approximate surface area is 163 Å². The van der Waals surface area contributed by atoms with Gasteiger partial charge >= 0.3 is 17.6 Å². The lowest BCUT2D eigenvalue weighted by Crippen LogP contribution is -2.21. The molecule has 1 heterocycles.